The molecular weight excluding hydrogens is 292 g/mol. The summed E-state index contributed by atoms with van der Waals surface area (Å²) in [7, 11) is 0. The maximum absolute atomic E-state index is 2.26. The van der Waals surface area contributed by atoms with Crippen molar-refractivity contribution in [1.82, 2.24) is 9.13 Å². The van der Waals surface area contributed by atoms with Gasteiger partial charge in [0.2, 0.25) is 0 Å². The molecule has 5 rings (SSSR count). The van der Waals surface area contributed by atoms with E-state index < -0.39 is 0 Å². The van der Waals surface area contributed by atoms with Crippen LogP contribution < -0.4 is 0 Å². The summed E-state index contributed by atoms with van der Waals surface area (Å²) in [5.74, 6) is 0. The molecule has 114 valence electrons. The van der Waals surface area contributed by atoms with Crippen LogP contribution in [-0.4, -0.2) is 9.13 Å². The fourth-order valence-electron chi connectivity index (χ4n) is 3.46. The van der Waals surface area contributed by atoms with E-state index in [0.717, 1.165) is 0 Å². The third-order valence-electron chi connectivity index (χ3n) is 4.60. The van der Waals surface area contributed by atoms with E-state index in [2.05, 4.69) is 106 Å². The smallest absolute Gasteiger partial charge is 0.0696 e. The third-order valence-corrected chi connectivity index (χ3v) is 4.60. The van der Waals surface area contributed by atoms with Crippen molar-refractivity contribution in [1.29, 1.82) is 0 Å². The molecule has 0 unspecified atom stereocenters. The van der Waals surface area contributed by atoms with Crippen molar-refractivity contribution in [2.45, 2.75) is 0 Å². The molecule has 0 fully saturated rings. The molecule has 0 aliphatic heterocycles. The van der Waals surface area contributed by atoms with Gasteiger partial charge in [-0.05, 0) is 47.2 Å². The van der Waals surface area contributed by atoms with Crippen LogP contribution in [0.5, 0.6) is 0 Å². The fourth-order valence-corrected chi connectivity index (χ4v) is 3.46. The SMILES string of the molecule is c1ccc(-n2ccc3ccccc32)c(-n2ccc3ccccc32)c1. The molecular formula is C22H16N2. The minimum absolute atomic E-state index is 1.18. The molecule has 0 bridgehead atoms. The van der Waals surface area contributed by atoms with Crippen LogP contribution in [0, 0.1) is 0 Å². The molecule has 0 aliphatic carbocycles. The van der Waals surface area contributed by atoms with Crippen molar-refractivity contribution in [3.63, 3.8) is 0 Å². The van der Waals surface area contributed by atoms with E-state index in [4.69, 9.17) is 0 Å². The lowest BCUT2D eigenvalue weighted by atomic mass is 10.2. The summed E-state index contributed by atoms with van der Waals surface area (Å²) in [6.45, 7) is 0. The number of hydrogen-bond donors (Lipinski definition) is 0. The fraction of sp³-hybridized carbons (Fsp3) is 0. The van der Waals surface area contributed by atoms with Crippen LogP contribution in [0.2, 0.25) is 0 Å². The lowest BCUT2D eigenvalue weighted by Crippen LogP contribution is -2.01. The highest BCUT2D eigenvalue weighted by Crippen LogP contribution is 2.28. The quantitative estimate of drug-likeness (QED) is 0.403. The second-order valence-corrected chi connectivity index (χ2v) is 5.98. The van der Waals surface area contributed by atoms with E-state index in [9.17, 15) is 0 Å². The lowest BCUT2D eigenvalue weighted by molar-refractivity contribution is 1.05. The van der Waals surface area contributed by atoms with Gasteiger partial charge in [-0.25, -0.2) is 0 Å². The summed E-state index contributed by atoms with van der Waals surface area (Å²) in [6, 6.07) is 29.9. The standard InChI is InChI=1S/C22H16N2/c1-3-9-19-17(7-1)13-15-23(19)21-11-5-6-12-22(21)24-16-14-18-8-2-4-10-20(18)24/h1-16H. The predicted molar refractivity (Wildman–Crippen MR) is 100 cm³/mol. The van der Waals surface area contributed by atoms with Gasteiger partial charge >= 0.3 is 0 Å². The molecule has 0 spiro atoms. The summed E-state index contributed by atoms with van der Waals surface area (Å²) >= 11 is 0. The first-order valence-corrected chi connectivity index (χ1v) is 8.14. The summed E-state index contributed by atoms with van der Waals surface area (Å²) in [4.78, 5) is 0. The number of hydrogen-bond acceptors (Lipinski definition) is 0. The number of aromatic nitrogens is 2. The van der Waals surface area contributed by atoms with E-state index in [0.29, 0.717) is 0 Å². The second kappa shape index (κ2) is 5.14. The molecule has 0 saturated carbocycles. The average Bonchev–Trinajstić information content (AvgIpc) is 3.26. The van der Waals surface area contributed by atoms with Gasteiger partial charge in [0.05, 0.1) is 22.4 Å². The highest BCUT2D eigenvalue weighted by atomic mass is 15.0. The summed E-state index contributed by atoms with van der Waals surface area (Å²) in [5, 5.41) is 2.51. The Kier molecular flexibility index (Phi) is 2.83. The van der Waals surface area contributed by atoms with Crippen molar-refractivity contribution < 1.29 is 0 Å². The Hall–Kier alpha value is -3.26. The largest absolute Gasteiger partial charge is 0.315 e. The zero-order chi connectivity index (χ0) is 15.9. The molecule has 2 heterocycles. The van der Waals surface area contributed by atoms with E-state index in [1.807, 2.05) is 0 Å². The van der Waals surface area contributed by atoms with Crippen LogP contribution in [0.1, 0.15) is 0 Å². The highest BCUT2D eigenvalue weighted by Gasteiger charge is 2.10. The van der Waals surface area contributed by atoms with Crippen molar-refractivity contribution in [3.05, 3.63) is 97.3 Å². The Balaban J connectivity index is 1.80. The second-order valence-electron chi connectivity index (χ2n) is 5.98. The molecule has 0 saturated heterocycles. The van der Waals surface area contributed by atoms with E-state index in [1.54, 1.807) is 0 Å². The van der Waals surface area contributed by atoms with Crippen molar-refractivity contribution >= 4 is 21.8 Å². The van der Waals surface area contributed by atoms with Crippen LogP contribution in [0.3, 0.4) is 0 Å². The van der Waals surface area contributed by atoms with Crippen LogP contribution in [0.25, 0.3) is 33.2 Å². The van der Waals surface area contributed by atoms with Crippen LogP contribution >= 0.6 is 0 Å². The zero-order valence-corrected chi connectivity index (χ0v) is 13.1. The van der Waals surface area contributed by atoms with Gasteiger partial charge in [-0.3, -0.25) is 0 Å². The number of rotatable bonds is 2. The Bertz CT molecular complexity index is 1070. The maximum atomic E-state index is 2.26. The first kappa shape index (κ1) is 13.2. The summed E-state index contributed by atoms with van der Waals surface area (Å²) < 4.78 is 4.53. The molecule has 3 aromatic carbocycles. The van der Waals surface area contributed by atoms with Crippen molar-refractivity contribution in [2.24, 2.45) is 0 Å². The Morgan fingerprint density at radius 2 is 0.833 bits per heavy atom. The molecule has 0 atom stereocenters. The molecule has 24 heavy (non-hydrogen) atoms. The zero-order valence-electron chi connectivity index (χ0n) is 13.1. The van der Waals surface area contributed by atoms with Gasteiger partial charge in [-0.2, -0.15) is 0 Å². The maximum Gasteiger partial charge on any atom is 0.0696 e. The first-order valence-electron chi connectivity index (χ1n) is 8.14. The Morgan fingerprint density at radius 1 is 0.417 bits per heavy atom. The molecule has 0 aliphatic rings. The van der Waals surface area contributed by atoms with Crippen molar-refractivity contribution in [3.8, 4) is 11.4 Å². The monoisotopic (exact) mass is 308 g/mol. The average molecular weight is 308 g/mol. The van der Waals surface area contributed by atoms with Crippen LogP contribution in [0.4, 0.5) is 0 Å². The number of nitrogens with zero attached hydrogens (tertiary/aromatic N) is 2. The third kappa shape index (κ3) is 1.90. The van der Waals surface area contributed by atoms with Gasteiger partial charge in [0.1, 0.15) is 0 Å². The van der Waals surface area contributed by atoms with Gasteiger partial charge in [-0.15, -0.1) is 0 Å². The minimum atomic E-state index is 1.18. The summed E-state index contributed by atoms with van der Waals surface area (Å²) in [5.41, 5.74) is 4.81. The number of para-hydroxylation sites is 4. The van der Waals surface area contributed by atoms with E-state index >= 15 is 0 Å². The van der Waals surface area contributed by atoms with E-state index in [-0.39, 0.29) is 0 Å². The normalized spacial score (nSPS) is 11.3. The van der Waals surface area contributed by atoms with E-state index in [1.165, 1.54) is 33.2 Å². The molecule has 0 radical (unpaired) electrons. The number of fused-ring (bicyclic) bond motifs is 2. The van der Waals surface area contributed by atoms with Gasteiger partial charge in [0.15, 0.2) is 0 Å². The van der Waals surface area contributed by atoms with Gasteiger partial charge in [0, 0.05) is 12.4 Å². The molecule has 0 amide bonds. The molecule has 2 aromatic heterocycles. The topological polar surface area (TPSA) is 9.86 Å². The van der Waals surface area contributed by atoms with Crippen molar-refractivity contribution in [2.75, 3.05) is 0 Å². The van der Waals surface area contributed by atoms with Gasteiger partial charge in [-0.1, -0.05) is 48.5 Å². The first-order chi connectivity index (χ1) is 11.9. The van der Waals surface area contributed by atoms with Gasteiger partial charge < -0.3 is 9.13 Å². The molecule has 0 N–H and O–H groups in total. The Labute approximate surface area is 140 Å². The lowest BCUT2D eigenvalue weighted by Gasteiger charge is -2.14. The van der Waals surface area contributed by atoms with Crippen LogP contribution in [-0.2, 0) is 0 Å². The minimum Gasteiger partial charge on any atom is -0.315 e. The highest BCUT2D eigenvalue weighted by molar-refractivity contribution is 5.85. The summed E-state index contributed by atoms with van der Waals surface area (Å²) in [6.07, 6.45) is 4.30. The van der Waals surface area contributed by atoms with Crippen LogP contribution in [0.15, 0.2) is 97.3 Å². The van der Waals surface area contributed by atoms with Gasteiger partial charge in [0.25, 0.3) is 0 Å². The number of benzene rings is 3. The molecule has 2 heteroatoms. The molecule has 2 nitrogen and oxygen atoms in total. The Morgan fingerprint density at radius 3 is 1.33 bits per heavy atom. The predicted octanol–water partition coefficient (Wildman–Crippen LogP) is 5.57. The molecule has 5 aromatic rings.